The highest BCUT2D eigenvalue weighted by Crippen LogP contribution is 1.81. The summed E-state index contributed by atoms with van der Waals surface area (Å²) in [6, 6.07) is 1.92. The van der Waals surface area contributed by atoms with Gasteiger partial charge in [-0.05, 0) is 6.92 Å². The molecule has 0 aliphatic heterocycles. The van der Waals surface area contributed by atoms with E-state index in [1.807, 2.05) is 13.0 Å². The lowest BCUT2D eigenvalue weighted by molar-refractivity contribution is -0.128. The Morgan fingerprint density at radius 3 is 2.62 bits per heavy atom. The number of nitriles is 1. The van der Waals surface area contributed by atoms with Gasteiger partial charge in [0.05, 0.1) is 25.6 Å². The number of nitrogens with zero attached hydrogens (tertiary/aromatic N) is 2. The molecule has 0 fully saturated rings. The van der Waals surface area contributed by atoms with Crippen LogP contribution in [0.3, 0.4) is 0 Å². The van der Waals surface area contributed by atoms with Crippen LogP contribution in [0.4, 0.5) is 0 Å². The van der Waals surface area contributed by atoms with Gasteiger partial charge in [0.2, 0.25) is 11.8 Å². The van der Waals surface area contributed by atoms with Gasteiger partial charge in [0.25, 0.3) is 0 Å². The van der Waals surface area contributed by atoms with Crippen molar-refractivity contribution < 1.29 is 9.59 Å². The van der Waals surface area contributed by atoms with Crippen LogP contribution in [0.25, 0.3) is 0 Å². The molecule has 0 bridgehead atoms. The molecule has 0 aromatic heterocycles. The molecule has 0 saturated heterocycles. The second kappa shape index (κ2) is 8.68. The molecule has 16 heavy (non-hydrogen) atoms. The van der Waals surface area contributed by atoms with Gasteiger partial charge in [0.1, 0.15) is 0 Å². The second-order valence-corrected chi connectivity index (χ2v) is 3.27. The van der Waals surface area contributed by atoms with Crippen molar-refractivity contribution in [1.29, 1.82) is 5.26 Å². The maximum atomic E-state index is 11.3. The van der Waals surface area contributed by atoms with E-state index >= 15 is 0 Å². The van der Waals surface area contributed by atoms with Gasteiger partial charge < -0.3 is 10.2 Å². The van der Waals surface area contributed by atoms with E-state index in [4.69, 9.17) is 5.26 Å². The van der Waals surface area contributed by atoms with Gasteiger partial charge in [0.15, 0.2) is 0 Å². The minimum atomic E-state index is -0.206. The van der Waals surface area contributed by atoms with E-state index in [0.717, 1.165) is 0 Å². The first kappa shape index (κ1) is 14.4. The van der Waals surface area contributed by atoms with Crippen molar-refractivity contribution in [2.24, 2.45) is 0 Å². The quantitative estimate of drug-likeness (QED) is 0.550. The number of carbonyl (C=O) groups is 2. The molecule has 0 unspecified atom stereocenters. The number of rotatable bonds is 7. The van der Waals surface area contributed by atoms with E-state index in [1.54, 1.807) is 11.9 Å². The van der Waals surface area contributed by atoms with Gasteiger partial charge in [-0.15, -0.1) is 0 Å². The molecule has 0 spiro atoms. The molecule has 6 heteroatoms. The molecule has 6 nitrogen and oxygen atoms in total. The zero-order chi connectivity index (χ0) is 12.4. The molecule has 0 aromatic carbocycles. The van der Waals surface area contributed by atoms with Crippen molar-refractivity contribution in [1.82, 2.24) is 15.5 Å². The van der Waals surface area contributed by atoms with Crippen molar-refractivity contribution in [2.45, 2.75) is 13.3 Å². The topological polar surface area (TPSA) is 85.2 Å². The summed E-state index contributed by atoms with van der Waals surface area (Å²) in [4.78, 5) is 24.0. The molecule has 0 aromatic rings. The fourth-order valence-electron chi connectivity index (χ4n) is 0.915. The number of nitrogens with one attached hydrogen (secondary N) is 2. The molecule has 0 rings (SSSR count). The molecule has 90 valence electrons. The standard InChI is InChI=1S/C10H18N4O2/c1-3-14(2)10(16)8-12-7-9(15)13-6-4-5-11/h12H,3-4,6-8H2,1-2H3,(H,13,15). The number of hydrogen-bond acceptors (Lipinski definition) is 4. The minimum absolute atomic E-state index is 0.0488. The Morgan fingerprint density at radius 2 is 2.06 bits per heavy atom. The van der Waals surface area contributed by atoms with E-state index in [2.05, 4.69) is 10.6 Å². The van der Waals surface area contributed by atoms with Crippen molar-refractivity contribution in [3.63, 3.8) is 0 Å². The normalized spacial score (nSPS) is 9.31. The van der Waals surface area contributed by atoms with Crippen molar-refractivity contribution in [2.75, 3.05) is 33.2 Å². The molecular weight excluding hydrogens is 208 g/mol. The SMILES string of the molecule is CCN(C)C(=O)CNCC(=O)NCCC#N. The summed E-state index contributed by atoms with van der Waals surface area (Å²) in [5.41, 5.74) is 0. The Bertz CT molecular complexity index is 272. The number of likely N-dealkylation sites (N-methyl/N-ethyl adjacent to an activating group) is 1. The van der Waals surface area contributed by atoms with E-state index in [0.29, 0.717) is 19.5 Å². The first-order valence-electron chi connectivity index (χ1n) is 5.20. The van der Waals surface area contributed by atoms with E-state index in [-0.39, 0.29) is 24.9 Å². The van der Waals surface area contributed by atoms with E-state index < -0.39 is 0 Å². The Balaban J connectivity index is 3.55. The van der Waals surface area contributed by atoms with Gasteiger partial charge >= 0.3 is 0 Å². The Morgan fingerprint density at radius 1 is 1.38 bits per heavy atom. The summed E-state index contributed by atoms with van der Waals surface area (Å²) in [5, 5.41) is 13.5. The average molecular weight is 226 g/mol. The summed E-state index contributed by atoms with van der Waals surface area (Å²) in [6.45, 7) is 3.12. The highest BCUT2D eigenvalue weighted by atomic mass is 16.2. The van der Waals surface area contributed by atoms with E-state index in [9.17, 15) is 9.59 Å². The molecule has 0 saturated carbocycles. The third kappa shape index (κ3) is 6.79. The Hall–Kier alpha value is -1.61. The number of carbonyl (C=O) groups excluding carboxylic acids is 2. The van der Waals surface area contributed by atoms with Crippen LogP contribution in [0.2, 0.25) is 0 Å². The van der Waals surface area contributed by atoms with Gasteiger partial charge in [-0.2, -0.15) is 5.26 Å². The lowest BCUT2D eigenvalue weighted by Gasteiger charge is -2.14. The fourth-order valence-corrected chi connectivity index (χ4v) is 0.915. The predicted octanol–water partition coefficient (Wildman–Crippen LogP) is -0.916. The molecule has 2 N–H and O–H groups in total. The Kier molecular flexibility index (Phi) is 7.81. The largest absolute Gasteiger partial charge is 0.354 e. The van der Waals surface area contributed by atoms with Gasteiger partial charge in [-0.3, -0.25) is 14.9 Å². The number of amides is 2. The van der Waals surface area contributed by atoms with Crippen LogP contribution in [0, 0.1) is 11.3 Å². The highest BCUT2D eigenvalue weighted by Gasteiger charge is 2.06. The Labute approximate surface area is 95.6 Å². The van der Waals surface area contributed by atoms with Gasteiger partial charge in [-0.25, -0.2) is 0 Å². The molecule has 0 atom stereocenters. The summed E-state index contributed by atoms with van der Waals surface area (Å²) >= 11 is 0. The summed E-state index contributed by atoms with van der Waals surface area (Å²) in [6.07, 6.45) is 0.295. The van der Waals surface area contributed by atoms with Gasteiger partial charge in [0, 0.05) is 20.1 Å². The predicted molar refractivity (Wildman–Crippen MR) is 59.4 cm³/mol. The molecular formula is C10H18N4O2. The minimum Gasteiger partial charge on any atom is -0.354 e. The van der Waals surface area contributed by atoms with Crippen LogP contribution < -0.4 is 10.6 Å². The second-order valence-electron chi connectivity index (χ2n) is 3.27. The number of hydrogen-bond donors (Lipinski definition) is 2. The molecule has 0 aliphatic rings. The lowest BCUT2D eigenvalue weighted by Crippen LogP contribution is -2.40. The van der Waals surface area contributed by atoms with Crippen molar-refractivity contribution in [3.05, 3.63) is 0 Å². The maximum Gasteiger partial charge on any atom is 0.236 e. The third-order valence-electron chi connectivity index (χ3n) is 2.02. The third-order valence-corrected chi connectivity index (χ3v) is 2.02. The van der Waals surface area contributed by atoms with Crippen molar-refractivity contribution >= 4 is 11.8 Å². The first-order valence-corrected chi connectivity index (χ1v) is 5.20. The monoisotopic (exact) mass is 226 g/mol. The molecule has 0 heterocycles. The fraction of sp³-hybridized carbons (Fsp3) is 0.700. The van der Waals surface area contributed by atoms with Crippen LogP contribution in [0.1, 0.15) is 13.3 Å². The van der Waals surface area contributed by atoms with E-state index in [1.165, 1.54) is 0 Å². The smallest absolute Gasteiger partial charge is 0.236 e. The van der Waals surface area contributed by atoms with Gasteiger partial charge in [-0.1, -0.05) is 0 Å². The summed E-state index contributed by atoms with van der Waals surface area (Å²) < 4.78 is 0. The van der Waals surface area contributed by atoms with Crippen LogP contribution in [0.5, 0.6) is 0 Å². The van der Waals surface area contributed by atoms with Crippen LogP contribution in [-0.2, 0) is 9.59 Å². The zero-order valence-corrected chi connectivity index (χ0v) is 9.75. The lowest BCUT2D eigenvalue weighted by atomic mass is 10.4. The van der Waals surface area contributed by atoms with Crippen molar-refractivity contribution in [3.8, 4) is 6.07 Å². The highest BCUT2D eigenvalue weighted by molar-refractivity contribution is 5.81. The molecule has 0 aliphatic carbocycles. The van der Waals surface area contributed by atoms with Crippen LogP contribution >= 0.6 is 0 Å². The average Bonchev–Trinajstić information content (AvgIpc) is 2.28. The van der Waals surface area contributed by atoms with Crippen LogP contribution in [-0.4, -0.2) is 49.9 Å². The zero-order valence-electron chi connectivity index (χ0n) is 9.75. The molecule has 0 radical (unpaired) electrons. The molecule has 2 amide bonds. The maximum absolute atomic E-state index is 11.3. The summed E-state index contributed by atoms with van der Waals surface area (Å²) in [7, 11) is 1.71. The summed E-state index contributed by atoms with van der Waals surface area (Å²) in [5.74, 6) is -0.255. The van der Waals surface area contributed by atoms with Crippen LogP contribution in [0.15, 0.2) is 0 Å². The first-order chi connectivity index (χ1) is 7.61.